The third-order valence-electron chi connectivity index (χ3n) is 2.79. The van der Waals surface area contributed by atoms with Crippen molar-refractivity contribution in [2.75, 3.05) is 5.32 Å². The van der Waals surface area contributed by atoms with E-state index in [2.05, 4.69) is 20.6 Å². The van der Waals surface area contributed by atoms with Crippen LogP contribution in [-0.4, -0.2) is 15.1 Å². The summed E-state index contributed by atoms with van der Waals surface area (Å²) in [5.74, 6) is 0.965. The molecule has 0 aliphatic carbocycles. The van der Waals surface area contributed by atoms with Crippen LogP contribution in [0.5, 0.6) is 5.75 Å². The number of anilines is 2. The van der Waals surface area contributed by atoms with Crippen molar-refractivity contribution < 1.29 is 5.11 Å². The number of nitrogens with zero attached hydrogens (tertiary/aromatic N) is 2. The molecule has 86 valence electrons. The molecule has 0 radical (unpaired) electrons. The van der Waals surface area contributed by atoms with Gasteiger partial charge >= 0.3 is 0 Å². The van der Waals surface area contributed by atoms with Crippen LogP contribution >= 0.6 is 0 Å². The molecule has 1 aromatic heterocycles. The van der Waals surface area contributed by atoms with Crippen LogP contribution in [0.2, 0.25) is 0 Å². The zero-order valence-electron chi connectivity index (χ0n) is 9.14. The third kappa shape index (κ3) is 1.81. The fourth-order valence-electron chi connectivity index (χ4n) is 1.91. The largest absolute Gasteiger partial charge is 0.506 e. The maximum absolute atomic E-state index is 9.70. The molecular weight excluding hydrogens is 216 g/mol. The van der Waals surface area contributed by atoms with Gasteiger partial charge in [-0.1, -0.05) is 12.1 Å². The standard InChI is InChI=1S/C12H12N4O/c17-11-4-2-1-3-9(11)16-12-8-5-13-6-10(8)14-7-15-12/h1-4,7,13,17H,5-6H2,(H,14,15,16). The van der Waals surface area contributed by atoms with E-state index in [4.69, 9.17) is 0 Å². The molecule has 0 amide bonds. The van der Waals surface area contributed by atoms with E-state index >= 15 is 0 Å². The summed E-state index contributed by atoms with van der Waals surface area (Å²) in [6.07, 6.45) is 1.54. The Hall–Kier alpha value is -2.14. The molecule has 2 aromatic rings. The van der Waals surface area contributed by atoms with Gasteiger partial charge in [-0.2, -0.15) is 0 Å². The summed E-state index contributed by atoms with van der Waals surface area (Å²) in [6.45, 7) is 1.53. The predicted molar refractivity (Wildman–Crippen MR) is 64.0 cm³/mol. The Kier molecular flexibility index (Phi) is 2.38. The van der Waals surface area contributed by atoms with E-state index in [0.717, 1.165) is 30.2 Å². The van der Waals surface area contributed by atoms with Gasteiger partial charge in [0.1, 0.15) is 17.9 Å². The average molecular weight is 228 g/mol. The Bertz CT molecular complexity index is 556. The first-order valence-corrected chi connectivity index (χ1v) is 5.43. The van der Waals surface area contributed by atoms with Crippen molar-refractivity contribution >= 4 is 11.5 Å². The van der Waals surface area contributed by atoms with Gasteiger partial charge < -0.3 is 15.7 Å². The first kappa shape index (κ1) is 10.0. The predicted octanol–water partition coefficient (Wildman–Crippen LogP) is 1.53. The lowest BCUT2D eigenvalue weighted by Crippen LogP contribution is -2.02. The maximum Gasteiger partial charge on any atom is 0.139 e. The van der Waals surface area contributed by atoms with Crippen molar-refractivity contribution in [2.45, 2.75) is 13.1 Å². The van der Waals surface area contributed by atoms with Crippen molar-refractivity contribution in [1.82, 2.24) is 15.3 Å². The van der Waals surface area contributed by atoms with Gasteiger partial charge in [-0.3, -0.25) is 0 Å². The van der Waals surface area contributed by atoms with Crippen LogP contribution in [0.15, 0.2) is 30.6 Å². The summed E-state index contributed by atoms with van der Waals surface area (Å²) >= 11 is 0. The summed E-state index contributed by atoms with van der Waals surface area (Å²) in [5, 5.41) is 16.1. The minimum atomic E-state index is 0.214. The number of aromatic hydroxyl groups is 1. The van der Waals surface area contributed by atoms with Crippen LogP contribution in [0.25, 0.3) is 0 Å². The summed E-state index contributed by atoms with van der Waals surface area (Å²) in [5.41, 5.74) is 2.73. The number of para-hydroxylation sites is 2. The van der Waals surface area contributed by atoms with Crippen molar-refractivity contribution in [2.24, 2.45) is 0 Å². The molecule has 1 aliphatic rings. The minimum Gasteiger partial charge on any atom is -0.506 e. The first-order chi connectivity index (χ1) is 8.34. The van der Waals surface area contributed by atoms with E-state index < -0.39 is 0 Å². The van der Waals surface area contributed by atoms with Crippen molar-refractivity contribution in [3.8, 4) is 5.75 Å². The van der Waals surface area contributed by atoms with E-state index in [0.29, 0.717) is 5.69 Å². The molecule has 1 aliphatic heterocycles. The second-order valence-electron chi connectivity index (χ2n) is 3.89. The van der Waals surface area contributed by atoms with Gasteiger partial charge in [0, 0.05) is 18.7 Å². The van der Waals surface area contributed by atoms with E-state index in [1.807, 2.05) is 12.1 Å². The lowest BCUT2D eigenvalue weighted by Gasteiger charge is -2.10. The van der Waals surface area contributed by atoms with Crippen LogP contribution in [0, 0.1) is 0 Å². The SMILES string of the molecule is Oc1ccccc1Nc1ncnc2c1CNC2. The maximum atomic E-state index is 9.70. The van der Waals surface area contributed by atoms with Gasteiger partial charge in [0.25, 0.3) is 0 Å². The van der Waals surface area contributed by atoms with Crippen LogP contribution in [-0.2, 0) is 13.1 Å². The number of phenolic OH excluding ortho intramolecular Hbond substituents is 1. The number of hydrogen-bond donors (Lipinski definition) is 3. The molecule has 0 saturated carbocycles. The van der Waals surface area contributed by atoms with Crippen LogP contribution in [0.3, 0.4) is 0 Å². The molecule has 3 N–H and O–H groups in total. The number of benzene rings is 1. The fourth-order valence-corrected chi connectivity index (χ4v) is 1.91. The Morgan fingerprint density at radius 2 is 2.06 bits per heavy atom. The summed E-state index contributed by atoms with van der Waals surface area (Å²) < 4.78 is 0. The normalized spacial score (nSPS) is 13.4. The number of aromatic nitrogens is 2. The van der Waals surface area contributed by atoms with Crippen molar-refractivity contribution in [3.05, 3.63) is 41.9 Å². The van der Waals surface area contributed by atoms with Gasteiger partial charge in [0.15, 0.2) is 0 Å². The molecule has 0 spiro atoms. The molecule has 5 nitrogen and oxygen atoms in total. The van der Waals surface area contributed by atoms with Gasteiger partial charge in [-0.25, -0.2) is 9.97 Å². The molecule has 0 unspecified atom stereocenters. The number of hydrogen-bond acceptors (Lipinski definition) is 5. The Balaban J connectivity index is 1.97. The first-order valence-electron chi connectivity index (χ1n) is 5.43. The smallest absolute Gasteiger partial charge is 0.139 e. The highest BCUT2D eigenvalue weighted by atomic mass is 16.3. The molecule has 0 fully saturated rings. The van der Waals surface area contributed by atoms with E-state index in [1.54, 1.807) is 12.1 Å². The topological polar surface area (TPSA) is 70.1 Å². The zero-order valence-corrected chi connectivity index (χ0v) is 9.14. The highest BCUT2D eigenvalue weighted by Crippen LogP contribution is 2.28. The summed E-state index contributed by atoms with van der Waals surface area (Å²) in [7, 11) is 0. The Morgan fingerprint density at radius 1 is 1.18 bits per heavy atom. The van der Waals surface area contributed by atoms with E-state index in [9.17, 15) is 5.11 Å². The Labute approximate surface area is 98.5 Å². The monoisotopic (exact) mass is 228 g/mol. The van der Waals surface area contributed by atoms with Gasteiger partial charge in [0.2, 0.25) is 0 Å². The molecule has 0 saturated heterocycles. The molecule has 17 heavy (non-hydrogen) atoms. The lowest BCUT2D eigenvalue weighted by atomic mass is 10.2. The van der Waals surface area contributed by atoms with Crippen LogP contribution in [0.4, 0.5) is 11.5 Å². The zero-order chi connectivity index (χ0) is 11.7. The minimum absolute atomic E-state index is 0.214. The molecule has 1 aromatic carbocycles. The molecule has 2 heterocycles. The highest BCUT2D eigenvalue weighted by molar-refractivity contribution is 5.66. The van der Waals surface area contributed by atoms with Gasteiger partial charge in [-0.05, 0) is 12.1 Å². The molecule has 3 rings (SSSR count). The molecular formula is C12H12N4O. The van der Waals surface area contributed by atoms with Crippen molar-refractivity contribution in [1.29, 1.82) is 0 Å². The molecule has 5 heteroatoms. The van der Waals surface area contributed by atoms with E-state index in [-0.39, 0.29) is 5.75 Å². The number of phenols is 1. The Morgan fingerprint density at radius 3 is 2.94 bits per heavy atom. The summed E-state index contributed by atoms with van der Waals surface area (Å²) in [4.78, 5) is 8.42. The average Bonchev–Trinajstić information content (AvgIpc) is 2.81. The van der Waals surface area contributed by atoms with Crippen molar-refractivity contribution in [3.63, 3.8) is 0 Å². The highest BCUT2D eigenvalue weighted by Gasteiger charge is 2.16. The van der Waals surface area contributed by atoms with Crippen LogP contribution < -0.4 is 10.6 Å². The van der Waals surface area contributed by atoms with Crippen LogP contribution in [0.1, 0.15) is 11.3 Å². The number of nitrogens with one attached hydrogen (secondary N) is 2. The third-order valence-corrected chi connectivity index (χ3v) is 2.79. The second kappa shape index (κ2) is 4.03. The fraction of sp³-hybridized carbons (Fsp3) is 0.167. The number of rotatable bonds is 2. The molecule has 0 bridgehead atoms. The van der Waals surface area contributed by atoms with Gasteiger partial charge in [0.05, 0.1) is 11.4 Å². The van der Waals surface area contributed by atoms with E-state index in [1.165, 1.54) is 6.33 Å². The quantitative estimate of drug-likeness (QED) is 0.680. The second-order valence-corrected chi connectivity index (χ2v) is 3.89. The lowest BCUT2D eigenvalue weighted by molar-refractivity contribution is 0.477. The summed E-state index contributed by atoms with van der Waals surface area (Å²) in [6, 6.07) is 7.10. The number of fused-ring (bicyclic) bond motifs is 1. The molecule has 0 atom stereocenters. The van der Waals surface area contributed by atoms with Gasteiger partial charge in [-0.15, -0.1) is 0 Å².